The zero-order valence-corrected chi connectivity index (χ0v) is 8.60. The number of nitrogens with zero attached hydrogens (tertiary/aromatic N) is 1. The second kappa shape index (κ2) is 5.08. The second-order valence-electron chi connectivity index (χ2n) is 2.85. The fourth-order valence-corrected chi connectivity index (χ4v) is 1.16. The molecule has 0 fully saturated rings. The van der Waals surface area contributed by atoms with E-state index in [-0.39, 0.29) is 17.0 Å². The minimum Gasteiger partial charge on any atom is -0.487 e. The van der Waals surface area contributed by atoms with Crippen LogP contribution in [0.25, 0.3) is 0 Å². The minimum absolute atomic E-state index is 0.109. The molecule has 1 rings (SSSR count). The molecule has 86 valence electrons. The van der Waals surface area contributed by atoms with Gasteiger partial charge < -0.3 is 4.74 Å². The highest BCUT2D eigenvalue weighted by molar-refractivity contribution is 5.94. The van der Waals surface area contributed by atoms with Gasteiger partial charge in [-0.25, -0.2) is 5.84 Å². The number of hydrazine groups is 1. The maximum absolute atomic E-state index is 11.2. The molecule has 0 unspecified atom stereocenters. The van der Waals surface area contributed by atoms with Crippen molar-refractivity contribution in [2.24, 2.45) is 5.84 Å². The third-order valence-corrected chi connectivity index (χ3v) is 1.85. The standard InChI is InChI=1S/C9H11N3O4/c1-2-16-8-4-3-6(9(13)11-10)5-7(8)12(14)15/h3-5H,2,10H2,1H3,(H,11,13). The fourth-order valence-electron chi connectivity index (χ4n) is 1.16. The third-order valence-electron chi connectivity index (χ3n) is 1.85. The minimum atomic E-state index is -0.613. The fraction of sp³-hybridized carbons (Fsp3) is 0.222. The Morgan fingerprint density at radius 2 is 2.31 bits per heavy atom. The van der Waals surface area contributed by atoms with Gasteiger partial charge in [-0.1, -0.05) is 0 Å². The monoisotopic (exact) mass is 225 g/mol. The first-order valence-corrected chi connectivity index (χ1v) is 4.52. The Balaban J connectivity index is 3.17. The van der Waals surface area contributed by atoms with E-state index in [1.54, 1.807) is 6.92 Å². The summed E-state index contributed by atoms with van der Waals surface area (Å²) in [5, 5.41) is 10.7. The topological polar surface area (TPSA) is 107 Å². The van der Waals surface area contributed by atoms with E-state index in [1.165, 1.54) is 12.1 Å². The molecule has 0 spiro atoms. The van der Waals surface area contributed by atoms with E-state index >= 15 is 0 Å². The molecule has 1 aromatic rings. The summed E-state index contributed by atoms with van der Waals surface area (Å²) in [6.07, 6.45) is 0. The zero-order chi connectivity index (χ0) is 12.1. The van der Waals surface area contributed by atoms with E-state index in [9.17, 15) is 14.9 Å². The predicted molar refractivity (Wildman–Crippen MR) is 55.9 cm³/mol. The summed E-state index contributed by atoms with van der Waals surface area (Å²) >= 11 is 0. The first kappa shape index (κ1) is 11.9. The van der Waals surface area contributed by atoms with Crippen molar-refractivity contribution in [3.63, 3.8) is 0 Å². The number of benzene rings is 1. The number of ether oxygens (including phenoxy) is 1. The molecule has 0 saturated carbocycles. The first-order valence-electron chi connectivity index (χ1n) is 4.52. The Hall–Kier alpha value is -2.15. The maximum atomic E-state index is 11.2. The summed E-state index contributed by atoms with van der Waals surface area (Å²) < 4.78 is 5.06. The lowest BCUT2D eigenvalue weighted by molar-refractivity contribution is -0.385. The Morgan fingerprint density at radius 1 is 1.62 bits per heavy atom. The van der Waals surface area contributed by atoms with Crippen LogP contribution in [0.15, 0.2) is 18.2 Å². The van der Waals surface area contributed by atoms with Crippen molar-refractivity contribution < 1.29 is 14.5 Å². The van der Waals surface area contributed by atoms with Crippen molar-refractivity contribution in [2.45, 2.75) is 6.92 Å². The summed E-state index contributed by atoms with van der Waals surface area (Å²) in [6, 6.07) is 3.89. The number of rotatable bonds is 4. The number of nitro benzene ring substituents is 1. The lowest BCUT2D eigenvalue weighted by Gasteiger charge is -2.05. The van der Waals surface area contributed by atoms with Gasteiger partial charge in [-0.15, -0.1) is 0 Å². The van der Waals surface area contributed by atoms with Crippen LogP contribution in [0.1, 0.15) is 17.3 Å². The van der Waals surface area contributed by atoms with Crippen LogP contribution in [0.5, 0.6) is 5.75 Å². The first-order chi connectivity index (χ1) is 7.60. The molecule has 16 heavy (non-hydrogen) atoms. The Morgan fingerprint density at radius 3 is 2.81 bits per heavy atom. The maximum Gasteiger partial charge on any atom is 0.311 e. The SMILES string of the molecule is CCOc1ccc(C(=O)NN)cc1[N+](=O)[O-]. The van der Waals surface area contributed by atoms with Gasteiger partial charge in [0.15, 0.2) is 5.75 Å². The molecular weight excluding hydrogens is 214 g/mol. The van der Waals surface area contributed by atoms with Gasteiger partial charge in [0, 0.05) is 11.6 Å². The number of amides is 1. The molecule has 0 aromatic heterocycles. The molecule has 0 bridgehead atoms. The van der Waals surface area contributed by atoms with Gasteiger partial charge in [0.25, 0.3) is 5.91 Å². The zero-order valence-electron chi connectivity index (χ0n) is 8.60. The van der Waals surface area contributed by atoms with Gasteiger partial charge in [0.1, 0.15) is 0 Å². The van der Waals surface area contributed by atoms with E-state index < -0.39 is 10.8 Å². The predicted octanol–water partition coefficient (Wildman–Crippen LogP) is 0.597. The van der Waals surface area contributed by atoms with Gasteiger partial charge in [-0.05, 0) is 19.1 Å². The molecule has 0 aliphatic carbocycles. The van der Waals surface area contributed by atoms with Crippen LogP contribution in [-0.2, 0) is 0 Å². The van der Waals surface area contributed by atoms with Crippen LogP contribution in [-0.4, -0.2) is 17.4 Å². The summed E-state index contributed by atoms with van der Waals surface area (Å²) in [5.41, 5.74) is 1.74. The van der Waals surface area contributed by atoms with Gasteiger partial charge >= 0.3 is 5.69 Å². The number of nitrogens with two attached hydrogens (primary N) is 1. The number of carbonyl (C=O) groups excluding carboxylic acids is 1. The normalized spacial score (nSPS) is 9.62. The van der Waals surface area contributed by atoms with Crippen LogP contribution in [0.4, 0.5) is 5.69 Å². The van der Waals surface area contributed by atoms with Gasteiger partial charge in [-0.2, -0.15) is 0 Å². The molecule has 0 heterocycles. The summed E-state index contributed by atoms with van der Waals surface area (Å²) in [6.45, 7) is 2.02. The molecule has 3 N–H and O–H groups in total. The van der Waals surface area contributed by atoms with Crippen LogP contribution in [0.2, 0.25) is 0 Å². The van der Waals surface area contributed by atoms with E-state index in [1.807, 2.05) is 5.43 Å². The molecule has 0 aliphatic rings. The van der Waals surface area contributed by atoms with Gasteiger partial charge in [0.2, 0.25) is 0 Å². The van der Waals surface area contributed by atoms with Crippen LogP contribution in [0, 0.1) is 10.1 Å². The van der Waals surface area contributed by atoms with Gasteiger partial charge in [0.05, 0.1) is 11.5 Å². The summed E-state index contributed by atoms with van der Waals surface area (Å²) in [5.74, 6) is 4.46. The van der Waals surface area contributed by atoms with E-state index in [4.69, 9.17) is 10.6 Å². The van der Waals surface area contributed by atoms with E-state index in [2.05, 4.69) is 0 Å². The number of hydrogen-bond acceptors (Lipinski definition) is 5. The highest BCUT2D eigenvalue weighted by Crippen LogP contribution is 2.27. The van der Waals surface area contributed by atoms with Crippen molar-refractivity contribution in [2.75, 3.05) is 6.61 Å². The Kier molecular flexibility index (Phi) is 3.78. The molecule has 7 heteroatoms. The van der Waals surface area contributed by atoms with Crippen LogP contribution >= 0.6 is 0 Å². The lowest BCUT2D eigenvalue weighted by Crippen LogP contribution is -2.29. The van der Waals surface area contributed by atoms with E-state index in [0.717, 1.165) is 6.07 Å². The van der Waals surface area contributed by atoms with Crippen LogP contribution < -0.4 is 16.0 Å². The molecule has 0 radical (unpaired) electrons. The van der Waals surface area contributed by atoms with E-state index in [0.29, 0.717) is 6.61 Å². The number of nitro groups is 1. The molecule has 0 saturated heterocycles. The quantitative estimate of drug-likeness (QED) is 0.337. The molecule has 1 aromatic carbocycles. The largest absolute Gasteiger partial charge is 0.487 e. The average Bonchev–Trinajstić information content (AvgIpc) is 2.28. The Bertz CT molecular complexity index is 419. The second-order valence-corrected chi connectivity index (χ2v) is 2.85. The van der Waals surface area contributed by atoms with Crippen molar-refractivity contribution >= 4 is 11.6 Å². The molecule has 1 amide bonds. The summed E-state index contributed by atoms with van der Waals surface area (Å²) in [7, 11) is 0. The average molecular weight is 225 g/mol. The highest BCUT2D eigenvalue weighted by Gasteiger charge is 2.17. The molecule has 7 nitrogen and oxygen atoms in total. The van der Waals surface area contributed by atoms with Crippen molar-refractivity contribution in [3.8, 4) is 5.75 Å². The van der Waals surface area contributed by atoms with Crippen molar-refractivity contribution in [3.05, 3.63) is 33.9 Å². The smallest absolute Gasteiger partial charge is 0.311 e. The van der Waals surface area contributed by atoms with Crippen molar-refractivity contribution in [1.82, 2.24) is 5.43 Å². The summed E-state index contributed by atoms with van der Waals surface area (Å²) in [4.78, 5) is 21.3. The number of carbonyl (C=O) groups is 1. The van der Waals surface area contributed by atoms with Crippen LogP contribution in [0.3, 0.4) is 0 Å². The third kappa shape index (κ3) is 2.45. The van der Waals surface area contributed by atoms with Gasteiger partial charge in [-0.3, -0.25) is 20.3 Å². The number of hydrogen-bond donors (Lipinski definition) is 2. The number of nitrogen functional groups attached to an aromatic ring is 1. The number of nitrogens with one attached hydrogen (secondary N) is 1. The highest BCUT2D eigenvalue weighted by atomic mass is 16.6. The molecule has 0 atom stereocenters. The Labute approximate surface area is 91.3 Å². The molecule has 0 aliphatic heterocycles. The molecular formula is C9H11N3O4. The van der Waals surface area contributed by atoms with Crippen molar-refractivity contribution in [1.29, 1.82) is 0 Å². The lowest BCUT2D eigenvalue weighted by atomic mass is 10.2.